The van der Waals surface area contributed by atoms with Crippen LogP contribution in [0.4, 0.5) is 0 Å². The monoisotopic (exact) mass is 570 g/mol. The van der Waals surface area contributed by atoms with E-state index < -0.39 is 57.3 Å². The number of ketones is 1. The van der Waals surface area contributed by atoms with Gasteiger partial charge in [0.15, 0.2) is 29.1 Å². The lowest BCUT2D eigenvalue weighted by Gasteiger charge is -2.28. The average Bonchev–Trinajstić information content (AvgIpc) is 3.63. The van der Waals surface area contributed by atoms with Crippen LogP contribution in [0.2, 0.25) is 0 Å². The summed E-state index contributed by atoms with van der Waals surface area (Å²) in [5, 5.41) is 15.1. The predicted molar refractivity (Wildman–Crippen MR) is 142 cm³/mol. The van der Waals surface area contributed by atoms with Crippen LogP contribution in [-0.4, -0.2) is 73.5 Å². The summed E-state index contributed by atoms with van der Waals surface area (Å²) in [5.41, 5.74) is 0.403. The van der Waals surface area contributed by atoms with Crippen molar-refractivity contribution in [3.63, 3.8) is 0 Å². The number of Topliss-reactive ketones (excluding diaryl/α,β-unsaturated/α-hetero) is 1. The molecule has 2 aromatic heterocycles. The van der Waals surface area contributed by atoms with E-state index in [9.17, 15) is 28.0 Å². The number of nitrogens with zero attached hydrogens (tertiary/aromatic N) is 3. The Bertz CT molecular complexity index is 1580. The Morgan fingerprint density at radius 2 is 2.00 bits per heavy atom. The van der Waals surface area contributed by atoms with Crippen molar-refractivity contribution < 1.29 is 36.7 Å². The van der Waals surface area contributed by atoms with Crippen molar-refractivity contribution in [3.05, 3.63) is 59.6 Å². The standard InChI is InChI=1S/C27H30N4O8S/c1-16(2)13-18(28-26(33)22-14-17-7-6-8-21(38-3)25(17)39-22)27(34)29-12-10-19-24(29)20(32)15-31(19)40(36,37)23-9-4-5-11-30(23)35/h4-9,11,14,16,18-19,24H,10,12-13,15H2,1-3H3,(H,28,33). The number of benzene rings is 1. The highest BCUT2D eigenvalue weighted by Crippen LogP contribution is 2.34. The van der Waals surface area contributed by atoms with Gasteiger partial charge in [0.2, 0.25) is 5.91 Å². The van der Waals surface area contributed by atoms with Crippen LogP contribution in [0.3, 0.4) is 0 Å². The molecule has 0 bridgehead atoms. The van der Waals surface area contributed by atoms with Crippen LogP contribution in [0.25, 0.3) is 11.0 Å². The molecule has 5 rings (SSSR count). The van der Waals surface area contributed by atoms with Crippen molar-refractivity contribution in [1.82, 2.24) is 14.5 Å². The van der Waals surface area contributed by atoms with E-state index in [1.807, 2.05) is 13.8 Å². The number of para-hydroxylation sites is 1. The fraction of sp³-hybridized carbons (Fsp3) is 0.407. The number of pyridine rings is 1. The number of methoxy groups -OCH3 is 1. The van der Waals surface area contributed by atoms with Gasteiger partial charge in [-0.1, -0.05) is 26.0 Å². The summed E-state index contributed by atoms with van der Waals surface area (Å²) in [6.07, 6.45) is 1.58. The summed E-state index contributed by atoms with van der Waals surface area (Å²) in [6.45, 7) is 3.49. The number of sulfonamides is 1. The molecule has 12 nitrogen and oxygen atoms in total. The van der Waals surface area contributed by atoms with Crippen LogP contribution in [-0.2, 0) is 19.6 Å². The number of furan rings is 1. The van der Waals surface area contributed by atoms with Gasteiger partial charge in [-0.05, 0) is 37.0 Å². The molecular weight excluding hydrogens is 540 g/mol. The highest BCUT2D eigenvalue weighted by molar-refractivity contribution is 7.89. The molecule has 3 aromatic rings. The van der Waals surface area contributed by atoms with Crippen molar-refractivity contribution in [3.8, 4) is 5.75 Å². The smallest absolute Gasteiger partial charge is 0.323 e. The molecule has 2 fully saturated rings. The first-order valence-electron chi connectivity index (χ1n) is 12.9. The van der Waals surface area contributed by atoms with Gasteiger partial charge in [0.25, 0.3) is 5.91 Å². The predicted octanol–water partition coefficient (Wildman–Crippen LogP) is 1.46. The fourth-order valence-electron chi connectivity index (χ4n) is 5.50. The van der Waals surface area contributed by atoms with Gasteiger partial charge >= 0.3 is 15.0 Å². The maximum Gasteiger partial charge on any atom is 0.323 e. The highest BCUT2D eigenvalue weighted by atomic mass is 32.2. The summed E-state index contributed by atoms with van der Waals surface area (Å²) in [4.78, 5) is 41.4. The Morgan fingerprint density at radius 3 is 2.70 bits per heavy atom. The lowest BCUT2D eigenvalue weighted by atomic mass is 10.0. The van der Waals surface area contributed by atoms with Crippen molar-refractivity contribution in [1.29, 1.82) is 0 Å². The number of nitrogens with one attached hydrogen (secondary N) is 1. The van der Waals surface area contributed by atoms with Gasteiger partial charge in [0.05, 0.1) is 19.7 Å². The van der Waals surface area contributed by atoms with Crippen molar-refractivity contribution >= 4 is 38.6 Å². The Morgan fingerprint density at radius 1 is 1.23 bits per heavy atom. The van der Waals surface area contributed by atoms with Gasteiger partial charge in [-0.3, -0.25) is 14.4 Å². The first-order chi connectivity index (χ1) is 19.0. The first kappa shape index (κ1) is 27.6. The number of likely N-dealkylation sites (tertiary alicyclic amines) is 1. The number of carbonyl (C=O) groups is 3. The van der Waals surface area contributed by atoms with Crippen molar-refractivity contribution in [2.75, 3.05) is 20.2 Å². The summed E-state index contributed by atoms with van der Waals surface area (Å²) >= 11 is 0. The molecule has 2 amide bonds. The molecule has 1 aromatic carbocycles. The number of fused-ring (bicyclic) bond motifs is 2. The van der Waals surface area contributed by atoms with E-state index in [1.165, 1.54) is 30.2 Å². The van der Waals surface area contributed by atoms with Crippen molar-refractivity contribution in [2.45, 2.75) is 49.8 Å². The SMILES string of the molecule is COc1cccc2cc(C(=O)NC(CC(C)C)C(=O)N3CCC4C3C(=O)CN4S(=O)(=O)c3cccc[n+]3[O-])oc12. The summed E-state index contributed by atoms with van der Waals surface area (Å²) in [6, 6.07) is 8.04. The van der Waals surface area contributed by atoms with Crippen LogP contribution < -0.4 is 14.8 Å². The minimum atomic E-state index is -4.29. The Labute approximate surface area is 231 Å². The largest absolute Gasteiger partial charge is 0.618 e. The molecule has 3 unspecified atom stereocenters. The maximum absolute atomic E-state index is 13.8. The second-order valence-corrected chi connectivity index (χ2v) is 12.2. The maximum atomic E-state index is 13.8. The van der Waals surface area contributed by atoms with Crippen LogP contribution in [0.15, 0.2) is 58.1 Å². The molecule has 2 aliphatic heterocycles. The van der Waals surface area contributed by atoms with Gasteiger partial charge in [-0.2, -0.15) is 9.04 Å². The summed E-state index contributed by atoms with van der Waals surface area (Å²) in [7, 11) is -2.79. The molecular formula is C27H30N4O8S. The number of rotatable bonds is 8. The number of aromatic nitrogens is 1. The minimum Gasteiger partial charge on any atom is -0.618 e. The Kier molecular flexibility index (Phi) is 7.27. The lowest BCUT2D eigenvalue weighted by Crippen LogP contribution is -2.53. The second kappa shape index (κ2) is 10.5. The normalized spacial score (nSPS) is 20.2. The number of carbonyl (C=O) groups excluding carboxylic acids is 3. The zero-order valence-electron chi connectivity index (χ0n) is 22.3. The van der Waals surface area contributed by atoms with Gasteiger partial charge in [0.1, 0.15) is 12.1 Å². The molecule has 0 aliphatic carbocycles. The molecule has 2 aliphatic rings. The van der Waals surface area contributed by atoms with Crippen LogP contribution in [0.5, 0.6) is 5.75 Å². The van der Waals surface area contributed by atoms with E-state index in [2.05, 4.69) is 5.32 Å². The van der Waals surface area contributed by atoms with E-state index in [0.717, 1.165) is 10.5 Å². The number of hydrogen-bond donors (Lipinski definition) is 1. The minimum absolute atomic E-state index is 0.00310. The number of ether oxygens (including phenoxy) is 1. The molecule has 1 N–H and O–H groups in total. The van der Waals surface area contributed by atoms with Gasteiger partial charge in [0, 0.05) is 24.1 Å². The van der Waals surface area contributed by atoms with Crippen molar-refractivity contribution in [2.24, 2.45) is 5.92 Å². The first-order valence-corrected chi connectivity index (χ1v) is 14.4. The van der Waals surface area contributed by atoms with Gasteiger partial charge in [-0.25, -0.2) is 8.42 Å². The summed E-state index contributed by atoms with van der Waals surface area (Å²) < 4.78 is 38.9. The summed E-state index contributed by atoms with van der Waals surface area (Å²) in [5.74, 6) is -1.03. The molecule has 212 valence electrons. The van der Waals surface area contributed by atoms with Crippen LogP contribution >= 0.6 is 0 Å². The molecule has 13 heteroatoms. The van der Waals surface area contributed by atoms with Crippen LogP contribution in [0.1, 0.15) is 37.2 Å². The van der Waals surface area contributed by atoms with Gasteiger partial charge in [-0.15, -0.1) is 0 Å². The topological polar surface area (TPSA) is 153 Å². The third kappa shape index (κ3) is 4.79. The Balaban J connectivity index is 1.38. The highest BCUT2D eigenvalue weighted by Gasteiger charge is 2.55. The van der Waals surface area contributed by atoms with Gasteiger partial charge < -0.3 is 24.6 Å². The van der Waals surface area contributed by atoms with E-state index in [0.29, 0.717) is 23.1 Å². The van der Waals surface area contributed by atoms with E-state index in [-0.39, 0.29) is 29.4 Å². The third-order valence-corrected chi connectivity index (χ3v) is 9.15. The van der Waals surface area contributed by atoms with E-state index in [1.54, 1.807) is 24.3 Å². The third-order valence-electron chi connectivity index (χ3n) is 7.28. The second-order valence-electron chi connectivity index (χ2n) is 10.4. The lowest BCUT2D eigenvalue weighted by molar-refractivity contribution is -0.646. The molecule has 0 saturated carbocycles. The average molecular weight is 571 g/mol. The zero-order chi connectivity index (χ0) is 28.8. The molecule has 40 heavy (non-hydrogen) atoms. The molecule has 0 radical (unpaired) electrons. The molecule has 2 saturated heterocycles. The molecule has 4 heterocycles. The quantitative estimate of drug-likeness (QED) is 0.316. The Hall–Kier alpha value is -3.97. The van der Waals surface area contributed by atoms with E-state index >= 15 is 0 Å². The fourth-order valence-corrected chi connectivity index (χ4v) is 7.16. The van der Waals surface area contributed by atoms with Crippen LogP contribution in [0, 0.1) is 11.1 Å². The number of amides is 2. The molecule has 3 atom stereocenters. The number of hydrogen-bond acceptors (Lipinski definition) is 8. The van der Waals surface area contributed by atoms with E-state index in [4.69, 9.17) is 9.15 Å². The molecule has 0 spiro atoms. The zero-order valence-corrected chi connectivity index (χ0v) is 23.1.